The molecule has 28 heavy (non-hydrogen) atoms. The van der Waals surface area contributed by atoms with Crippen LogP contribution in [0.4, 0.5) is 0 Å². The third kappa shape index (κ3) is 2.43. The molecule has 0 saturated carbocycles. The van der Waals surface area contributed by atoms with E-state index in [9.17, 15) is 5.26 Å². The molecule has 0 spiro atoms. The third-order valence-electron chi connectivity index (χ3n) is 4.57. The summed E-state index contributed by atoms with van der Waals surface area (Å²) < 4.78 is 12.4. The first-order chi connectivity index (χ1) is 13.8. The number of hydrogen-bond acceptors (Lipinski definition) is 6. The number of nitriles is 2. The monoisotopic (exact) mass is 365 g/mol. The second-order valence-corrected chi connectivity index (χ2v) is 6.18. The smallest absolute Gasteiger partial charge is 0.231 e. The fourth-order valence-electron chi connectivity index (χ4n) is 3.18. The second kappa shape index (κ2) is 6.11. The van der Waals surface area contributed by atoms with Crippen molar-refractivity contribution in [1.82, 2.24) is 14.6 Å². The quantitative estimate of drug-likeness (QED) is 0.539. The Morgan fingerprint density at radius 2 is 1.68 bits per heavy atom. The molecule has 0 amide bonds. The maximum absolute atomic E-state index is 9.80. The van der Waals surface area contributed by atoms with E-state index in [0.717, 1.165) is 16.7 Å². The highest BCUT2D eigenvalue weighted by atomic mass is 16.7. The number of pyridine rings is 1. The van der Waals surface area contributed by atoms with Crippen molar-refractivity contribution in [3.05, 3.63) is 65.9 Å². The SMILES string of the molecule is N#Cc1ccc(-c2nc3c(C#N)c(-c4ccc5c(c4)OCO5)ccn3n2)cc1. The molecule has 1 aliphatic heterocycles. The van der Waals surface area contributed by atoms with Crippen LogP contribution in [0.5, 0.6) is 11.5 Å². The van der Waals surface area contributed by atoms with Gasteiger partial charge in [0, 0.05) is 17.3 Å². The van der Waals surface area contributed by atoms with Crippen LogP contribution in [0.3, 0.4) is 0 Å². The topological polar surface area (TPSA) is 96.2 Å². The van der Waals surface area contributed by atoms with Gasteiger partial charge in [0.2, 0.25) is 6.79 Å². The fourth-order valence-corrected chi connectivity index (χ4v) is 3.18. The Morgan fingerprint density at radius 1 is 0.893 bits per heavy atom. The molecular formula is C21H11N5O2. The van der Waals surface area contributed by atoms with Gasteiger partial charge >= 0.3 is 0 Å². The van der Waals surface area contributed by atoms with Gasteiger partial charge in [-0.1, -0.05) is 6.07 Å². The van der Waals surface area contributed by atoms with Crippen molar-refractivity contribution in [2.75, 3.05) is 6.79 Å². The minimum atomic E-state index is 0.195. The predicted molar refractivity (Wildman–Crippen MR) is 99.4 cm³/mol. The van der Waals surface area contributed by atoms with E-state index >= 15 is 0 Å². The van der Waals surface area contributed by atoms with E-state index in [1.807, 2.05) is 24.3 Å². The molecule has 7 nitrogen and oxygen atoms in total. The average molecular weight is 365 g/mol. The highest BCUT2D eigenvalue weighted by molar-refractivity contribution is 5.79. The Bertz CT molecular complexity index is 1310. The van der Waals surface area contributed by atoms with Gasteiger partial charge in [0.1, 0.15) is 11.6 Å². The molecule has 0 fully saturated rings. The second-order valence-electron chi connectivity index (χ2n) is 6.18. The van der Waals surface area contributed by atoms with Crippen molar-refractivity contribution < 1.29 is 9.47 Å². The third-order valence-corrected chi connectivity index (χ3v) is 4.57. The Kier molecular flexibility index (Phi) is 3.46. The average Bonchev–Trinajstić information content (AvgIpc) is 3.39. The van der Waals surface area contributed by atoms with Crippen LogP contribution in [-0.2, 0) is 0 Å². The lowest BCUT2D eigenvalue weighted by Gasteiger charge is -2.06. The van der Waals surface area contributed by atoms with Crippen LogP contribution in [0.2, 0.25) is 0 Å². The van der Waals surface area contributed by atoms with Crippen LogP contribution in [-0.4, -0.2) is 21.4 Å². The minimum absolute atomic E-state index is 0.195. The molecule has 132 valence electrons. The summed E-state index contributed by atoms with van der Waals surface area (Å²) in [5.74, 6) is 1.83. The Labute approximate surface area is 159 Å². The van der Waals surface area contributed by atoms with Crippen molar-refractivity contribution in [2.45, 2.75) is 0 Å². The molecular weight excluding hydrogens is 354 g/mol. The lowest BCUT2D eigenvalue weighted by atomic mass is 10.0. The Balaban J connectivity index is 1.64. The first-order valence-corrected chi connectivity index (χ1v) is 8.47. The van der Waals surface area contributed by atoms with E-state index in [-0.39, 0.29) is 6.79 Å². The summed E-state index contributed by atoms with van der Waals surface area (Å²) in [6.45, 7) is 0.195. The van der Waals surface area contributed by atoms with Gasteiger partial charge < -0.3 is 9.47 Å². The van der Waals surface area contributed by atoms with Crippen LogP contribution in [0, 0.1) is 22.7 Å². The lowest BCUT2D eigenvalue weighted by molar-refractivity contribution is 0.174. The summed E-state index contributed by atoms with van der Waals surface area (Å²) >= 11 is 0. The Hall–Kier alpha value is -4.36. The standard InChI is InChI=1S/C21H11N5O2/c22-10-13-1-3-14(4-2-13)20-24-21-17(11-23)16(7-8-26(21)25-20)15-5-6-18-19(9-15)28-12-27-18/h1-9H,12H2. The summed E-state index contributed by atoms with van der Waals surface area (Å²) in [7, 11) is 0. The fraction of sp³-hybridized carbons (Fsp3) is 0.0476. The molecule has 0 aliphatic carbocycles. The molecule has 2 aromatic heterocycles. The van der Waals surface area contributed by atoms with Crippen LogP contribution in [0.15, 0.2) is 54.7 Å². The number of benzene rings is 2. The number of rotatable bonds is 2. The van der Waals surface area contributed by atoms with Gasteiger partial charge in [0.25, 0.3) is 0 Å². The van der Waals surface area contributed by atoms with Crippen LogP contribution in [0.1, 0.15) is 11.1 Å². The largest absolute Gasteiger partial charge is 0.454 e. The van der Waals surface area contributed by atoms with E-state index < -0.39 is 0 Å². The van der Waals surface area contributed by atoms with Gasteiger partial charge in [-0.2, -0.15) is 10.5 Å². The van der Waals surface area contributed by atoms with Crippen LogP contribution >= 0.6 is 0 Å². The van der Waals surface area contributed by atoms with E-state index in [1.165, 1.54) is 0 Å². The van der Waals surface area contributed by atoms with E-state index in [1.54, 1.807) is 35.0 Å². The molecule has 0 bridgehead atoms. The molecule has 2 aromatic carbocycles. The summed E-state index contributed by atoms with van der Waals surface area (Å²) in [6.07, 6.45) is 1.77. The highest BCUT2D eigenvalue weighted by Crippen LogP contribution is 2.37. The van der Waals surface area contributed by atoms with Gasteiger partial charge in [-0.25, -0.2) is 9.50 Å². The van der Waals surface area contributed by atoms with E-state index in [2.05, 4.69) is 22.2 Å². The van der Waals surface area contributed by atoms with Crippen LogP contribution < -0.4 is 9.47 Å². The maximum Gasteiger partial charge on any atom is 0.231 e. The van der Waals surface area contributed by atoms with Crippen molar-refractivity contribution in [2.24, 2.45) is 0 Å². The molecule has 0 saturated heterocycles. The zero-order chi connectivity index (χ0) is 19.1. The molecule has 3 heterocycles. The normalized spacial score (nSPS) is 11.9. The number of ether oxygens (including phenoxy) is 2. The number of nitrogens with zero attached hydrogens (tertiary/aromatic N) is 5. The van der Waals surface area contributed by atoms with Crippen molar-refractivity contribution in [1.29, 1.82) is 10.5 Å². The van der Waals surface area contributed by atoms with Gasteiger partial charge in [-0.05, 0) is 48.0 Å². The minimum Gasteiger partial charge on any atom is -0.454 e. The zero-order valence-electron chi connectivity index (χ0n) is 14.5. The highest BCUT2D eigenvalue weighted by Gasteiger charge is 2.18. The van der Waals surface area contributed by atoms with Gasteiger partial charge in [-0.15, -0.1) is 5.10 Å². The van der Waals surface area contributed by atoms with E-state index in [0.29, 0.717) is 34.1 Å². The molecule has 0 unspecified atom stereocenters. The number of hydrogen-bond donors (Lipinski definition) is 0. The maximum atomic E-state index is 9.80. The molecule has 4 aromatic rings. The van der Waals surface area contributed by atoms with Crippen molar-refractivity contribution in [3.8, 4) is 46.2 Å². The molecule has 1 aliphatic rings. The summed E-state index contributed by atoms with van der Waals surface area (Å²) in [4.78, 5) is 4.56. The van der Waals surface area contributed by atoms with Crippen molar-refractivity contribution in [3.63, 3.8) is 0 Å². The van der Waals surface area contributed by atoms with Crippen molar-refractivity contribution >= 4 is 5.65 Å². The van der Waals surface area contributed by atoms with Gasteiger partial charge in [-0.3, -0.25) is 0 Å². The molecule has 0 N–H and O–H groups in total. The first-order valence-electron chi connectivity index (χ1n) is 8.47. The first kappa shape index (κ1) is 15.9. The molecule has 0 atom stereocenters. The van der Waals surface area contributed by atoms with Gasteiger partial charge in [0.05, 0.1) is 11.6 Å². The lowest BCUT2D eigenvalue weighted by Crippen LogP contribution is -1.94. The zero-order valence-corrected chi connectivity index (χ0v) is 14.5. The van der Waals surface area contributed by atoms with Crippen LogP contribution in [0.25, 0.3) is 28.2 Å². The van der Waals surface area contributed by atoms with E-state index in [4.69, 9.17) is 14.7 Å². The molecule has 0 radical (unpaired) electrons. The van der Waals surface area contributed by atoms with Gasteiger partial charge in [0.15, 0.2) is 23.0 Å². The summed E-state index contributed by atoms with van der Waals surface area (Å²) in [6, 6.07) is 18.7. The number of fused-ring (bicyclic) bond motifs is 2. The molecule has 5 rings (SSSR count). The molecule has 7 heteroatoms. The Morgan fingerprint density at radius 3 is 2.46 bits per heavy atom. The summed E-state index contributed by atoms with van der Waals surface area (Å²) in [5, 5.41) is 23.2. The number of aromatic nitrogens is 3. The summed E-state index contributed by atoms with van der Waals surface area (Å²) in [5.41, 5.74) is 3.82. The predicted octanol–water partition coefficient (Wildman–Crippen LogP) is 3.54.